The fourth-order valence-electron chi connectivity index (χ4n) is 5.08. The number of piperidine rings is 2. The third kappa shape index (κ3) is 4.22. The number of hydrogen-bond donors (Lipinski definition) is 2. The van der Waals surface area contributed by atoms with Gasteiger partial charge in [0, 0.05) is 30.0 Å². The van der Waals surface area contributed by atoms with Gasteiger partial charge in [0.25, 0.3) is 5.91 Å². The molecule has 4 atom stereocenters. The maximum Gasteiger partial charge on any atom is 0.251 e. The lowest BCUT2D eigenvalue weighted by Crippen LogP contribution is -3.20. The number of amides is 1. The van der Waals surface area contributed by atoms with Crippen molar-refractivity contribution in [1.82, 2.24) is 5.32 Å². The van der Waals surface area contributed by atoms with Crippen LogP contribution in [-0.2, 0) is 6.54 Å². The Morgan fingerprint density at radius 3 is 2.46 bits per heavy atom. The monoisotopic (exact) mass is 379 g/mol. The van der Waals surface area contributed by atoms with Gasteiger partial charge in [-0.1, -0.05) is 17.7 Å². The summed E-state index contributed by atoms with van der Waals surface area (Å²) in [6, 6.07) is 17.9. The van der Waals surface area contributed by atoms with Gasteiger partial charge in [0.1, 0.15) is 12.3 Å². The van der Waals surface area contributed by atoms with E-state index in [1.165, 1.54) is 24.8 Å². The van der Waals surface area contributed by atoms with Crippen LogP contribution >= 0.6 is 0 Å². The summed E-state index contributed by atoms with van der Waals surface area (Å²) in [4.78, 5) is 14.4. The van der Waals surface area contributed by atoms with Crippen LogP contribution in [0.15, 0.2) is 48.5 Å². The average molecular weight is 380 g/mol. The van der Waals surface area contributed by atoms with Crippen molar-refractivity contribution in [3.8, 4) is 5.75 Å². The topological polar surface area (TPSA) is 42.8 Å². The van der Waals surface area contributed by atoms with Crippen molar-refractivity contribution in [2.75, 3.05) is 7.11 Å². The summed E-state index contributed by atoms with van der Waals surface area (Å²) < 4.78 is 5.28. The van der Waals surface area contributed by atoms with Crippen molar-refractivity contribution in [3.05, 3.63) is 65.2 Å². The van der Waals surface area contributed by atoms with Crippen LogP contribution in [0.3, 0.4) is 0 Å². The molecule has 0 aliphatic carbocycles. The molecule has 4 rings (SSSR count). The van der Waals surface area contributed by atoms with Crippen molar-refractivity contribution < 1.29 is 14.4 Å². The van der Waals surface area contributed by atoms with Gasteiger partial charge in [-0.15, -0.1) is 0 Å². The van der Waals surface area contributed by atoms with E-state index in [9.17, 15) is 4.79 Å². The van der Waals surface area contributed by atoms with E-state index >= 15 is 0 Å². The van der Waals surface area contributed by atoms with Crippen LogP contribution < -0.4 is 15.0 Å². The lowest BCUT2D eigenvalue weighted by molar-refractivity contribution is -0.973. The van der Waals surface area contributed by atoms with E-state index in [2.05, 4.69) is 29.6 Å². The summed E-state index contributed by atoms with van der Waals surface area (Å²) in [5, 5.41) is 3.32. The van der Waals surface area contributed by atoms with E-state index in [0.717, 1.165) is 36.3 Å². The molecule has 0 saturated carbocycles. The number of carbonyl (C=O) groups excluding carboxylic acids is 1. The van der Waals surface area contributed by atoms with Gasteiger partial charge < -0.3 is 15.0 Å². The molecule has 4 nitrogen and oxygen atoms in total. The largest absolute Gasteiger partial charge is 0.497 e. The Kier molecular flexibility index (Phi) is 5.67. The predicted octanol–water partition coefficient (Wildman–Crippen LogP) is 2.90. The lowest BCUT2D eigenvalue weighted by Gasteiger charge is -2.46. The van der Waals surface area contributed by atoms with Crippen molar-refractivity contribution >= 4 is 5.91 Å². The van der Waals surface area contributed by atoms with Gasteiger partial charge in [-0.05, 0) is 62.6 Å². The molecule has 4 heteroatoms. The van der Waals surface area contributed by atoms with Crippen molar-refractivity contribution in [1.29, 1.82) is 0 Å². The zero-order chi connectivity index (χ0) is 19.5. The number of aryl methyl sites for hydroxylation is 1. The number of nitrogens with one attached hydrogen (secondary N) is 2. The highest BCUT2D eigenvalue weighted by atomic mass is 16.5. The number of quaternary nitrogens is 1. The van der Waals surface area contributed by atoms with E-state index in [0.29, 0.717) is 18.1 Å². The molecule has 0 aromatic heterocycles. The molecule has 2 aromatic rings. The first-order valence-corrected chi connectivity index (χ1v) is 10.5. The van der Waals surface area contributed by atoms with Gasteiger partial charge in [-0.25, -0.2) is 0 Å². The van der Waals surface area contributed by atoms with Crippen LogP contribution in [0.5, 0.6) is 5.75 Å². The van der Waals surface area contributed by atoms with Gasteiger partial charge in [0.15, 0.2) is 0 Å². The van der Waals surface area contributed by atoms with E-state index in [1.807, 2.05) is 31.2 Å². The second-order valence-corrected chi connectivity index (χ2v) is 8.44. The first-order valence-electron chi connectivity index (χ1n) is 10.5. The van der Waals surface area contributed by atoms with Crippen LogP contribution in [0, 0.1) is 6.92 Å². The van der Waals surface area contributed by atoms with Gasteiger partial charge >= 0.3 is 0 Å². The Bertz CT molecular complexity index is 804. The highest BCUT2D eigenvalue weighted by Gasteiger charge is 2.42. The SMILES string of the molecule is COc1ccc(C[NH+]2[C@@H]3CCC[C@H]2CC(NC(=O)c2cccc(C)c2)C3)cc1. The molecule has 0 spiro atoms. The third-order valence-corrected chi connectivity index (χ3v) is 6.47. The molecule has 2 bridgehead atoms. The fraction of sp³-hybridized carbons (Fsp3) is 0.458. The molecule has 2 fully saturated rings. The van der Waals surface area contributed by atoms with E-state index in [4.69, 9.17) is 4.74 Å². The Labute approximate surface area is 167 Å². The minimum Gasteiger partial charge on any atom is -0.497 e. The Hall–Kier alpha value is -2.33. The predicted molar refractivity (Wildman–Crippen MR) is 111 cm³/mol. The standard InChI is InChI=1S/C24H30N2O2/c1-17-5-3-6-19(13-17)24(27)25-20-14-21-7-4-8-22(15-20)26(21)16-18-9-11-23(28-2)12-10-18/h3,5-6,9-13,20-22H,4,7-8,14-16H2,1-2H3,(H,25,27)/p+1/t20?,21-,22+. The summed E-state index contributed by atoms with van der Waals surface area (Å²) >= 11 is 0. The minimum atomic E-state index is 0.0744. The van der Waals surface area contributed by atoms with E-state index in [1.54, 1.807) is 12.0 Å². The first kappa shape index (κ1) is 19.0. The molecule has 2 aromatic carbocycles. The second kappa shape index (κ2) is 8.36. The maximum absolute atomic E-state index is 12.7. The number of benzene rings is 2. The van der Waals surface area contributed by atoms with Gasteiger partial charge in [0.05, 0.1) is 19.2 Å². The highest BCUT2D eigenvalue weighted by Crippen LogP contribution is 2.23. The molecule has 2 aliphatic rings. The smallest absolute Gasteiger partial charge is 0.251 e. The number of rotatable bonds is 5. The normalized spacial score (nSPS) is 26.5. The van der Waals surface area contributed by atoms with Gasteiger partial charge in [-0.3, -0.25) is 4.79 Å². The molecule has 2 aliphatic heterocycles. The van der Waals surface area contributed by atoms with Crippen molar-refractivity contribution in [2.45, 2.75) is 63.7 Å². The lowest BCUT2D eigenvalue weighted by atomic mass is 9.81. The van der Waals surface area contributed by atoms with Crippen LogP contribution in [0.4, 0.5) is 0 Å². The third-order valence-electron chi connectivity index (χ3n) is 6.47. The Balaban J connectivity index is 1.40. The van der Waals surface area contributed by atoms with Crippen LogP contribution in [0.25, 0.3) is 0 Å². The van der Waals surface area contributed by atoms with E-state index < -0.39 is 0 Å². The summed E-state index contributed by atoms with van der Waals surface area (Å²) in [6.07, 6.45) is 6.01. The van der Waals surface area contributed by atoms with Crippen molar-refractivity contribution in [2.24, 2.45) is 0 Å². The zero-order valence-corrected chi connectivity index (χ0v) is 16.9. The fourth-order valence-corrected chi connectivity index (χ4v) is 5.08. The molecule has 2 unspecified atom stereocenters. The number of ether oxygens (including phenoxy) is 1. The summed E-state index contributed by atoms with van der Waals surface area (Å²) in [5.74, 6) is 0.988. The van der Waals surface area contributed by atoms with Crippen LogP contribution in [-0.4, -0.2) is 31.1 Å². The molecule has 28 heavy (non-hydrogen) atoms. The molecule has 0 radical (unpaired) electrons. The minimum absolute atomic E-state index is 0.0744. The van der Waals surface area contributed by atoms with Gasteiger partial charge in [-0.2, -0.15) is 0 Å². The van der Waals surface area contributed by atoms with Crippen LogP contribution in [0.1, 0.15) is 53.6 Å². The molecular weight excluding hydrogens is 348 g/mol. The molecule has 2 N–H and O–H groups in total. The maximum atomic E-state index is 12.7. The molecular formula is C24H31N2O2+. The summed E-state index contributed by atoms with van der Waals surface area (Å²) in [6.45, 7) is 3.10. The average Bonchev–Trinajstić information content (AvgIpc) is 2.69. The van der Waals surface area contributed by atoms with E-state index in [-0.39, 0.29) is 5.91 Å². The quantitative estimate of drug-likeness (QED) is 0.839. The molecule has 1 amide bonds. The second-order valence-electron chi connectivity index (χ2n) is 8.44. The Morgan fingerprint density at radius 1 is 1.11 bits per heavy atom. The molecule has 2 heterocycles. The Morgan fingerprint density at radius 2 is 1.82 bits per heavy atom. The summed E-state index contributed by atoms with van der Waals surface area (Å²) in [5.41, 5.74) is 3.27. The van der Waals surface area contributed by atoms with Gasteiger partial charge in [0.2, 0.25) is 0 Å². The number of hydrogen-bond acceptors (Lipinski definition) is 2. The molecule has 148 valence electrons. The number of fused-ring (bicyclic) bond motifs is 2. The number of methoxy groups -OCH3 is 1. The van der Waals surface area contributed by atoms with Crippen LogP contribution in [0.2, 0.25) is 0 Å². The molecule has 2 saturated heterocycles. The number of carbonyl (C=O) groups is 1. The van der Waals surface area contributed by atoms with Crippen molar-refractivity contribution in [3.63, 3.8) is 0 Å². The first-order chi connectivity index (χ1) is 13.6. The highest BCUT2D eigenvalue weighted by molar-refractivity contribution is 5.94. The zero-order valence-electron chi connectivity index (χ0n) is 16.9. The summed E-state index contributed by atoms with van der Waals surface area (Å²) in [7, 11) is 1.71.